The summed E-state index contributed by atoms with van der Waals surface area (Å²) in [5, 5.41) is 16.5. The lowest BCUT2D eigenvalue weighted by molar-refractivity contribution is 0.244. The predicted octanol–water partition coefficient (Wildman–Crippen LogP) is 0.616. The number of hydrogen-bond acceptors (Lipinski definition) is 3. The molecule has 0 saturated heterocycles. The first-order valence-corrected chi connectivity index (χ1v) is 4.69. The third-order valence-corrected chi connectivity index (χ3v) is 2.44. The van der Waals surface area contributed by atoms with Gasteiger partial charge in [0, 0.05) is 25.8 Å². The van der Waals surface area contributed by atoms with Crippen molar-refractivity contribution in [2.75, 3.05) is 18.5 Å². The van der Waals surface area contributed by atoms with Crippen molar-refractivity contribution in [3.63, 3.8) is 0 Å². The molecule has 0 fully saturated rings. The average molecular weight is 181 g/mol. The highest BCUT2D eigenvalue weighted by atomic mass is 16.3. The third kappa shape index (κ3) is 1.67. The van der Waals surface area contributed by atoms with E-state index in [1.54, 1.807) is 0 Å². The van der Waals surface area contributed by atoms with Crippen molar-refractivity contribution in [2.45, 2.75) is 19.9 Å². The molecule has 0 aliphatic carbocycles. The van der Waals surface area contributed by atoms with Crippen LogP contribution in [0.3, 0.4) is 0 Å². The first-order chi connectivity index (χ1) is 6.29. The zero-order valence-corrected chi connectivity index (χ0v) is 7.82. The van der Waals surface area contributed by atoms with Crippen molar-refractivity contribution < 1.29 is 5.11 Å². The molecule has 0 spiro atoms. The van der Waals surface area contributed by atoms with Crippen LogP contribution in [0.1, 0.15) is 12.1 Å². The van der Waals surface area contributed by atoms with Crippen LogP contribution in [0.4, 0.5) is 5.82 Å². The summed E-state index contributed by atoms with van der Waals surface area (Å²) in [5.41, 5.74) is 1.05. The zero-order chi connectivity index (χ0) is 9.26. The lowest BCUT2D eigenvalue weighted by Gasteiger charge is -2.24. The number of hydrogen-bond donors (Lipinski definition) is 2. The normalized spacial score (nSPS) is 20.9. The van der Waals surface area contributed by atoms with Crippen LogP contribution in [-0.4, -0.2) is 28.0 Å². The molecular formula is C9H15N3O. The summed E-state index contributed by atoms with van der Waals surface area (Å²) in [5.74, 6) is 1.61. The van der Waals surface area contributed by atoms with Gasteiger partial charge < -0.3 is 10.4 Å². The Balaban J connectivity index is 2.10. The molecule has 0 saturated carbocycles. The topological polar surface area (TPSA) is 50.1 Å². The summed E-state index contributed by atoms with van der Waals surface area (Å²) in [4.78, 5) is 0. The Labute approximate surface area is 77.6 Å². The molecule has 2 heterocycles. The van der Waals surface area contributed by atoms with E-state index in [1.165, 1.54) is 0 Å². The fourth-order valence-corrected chi connectivity index (χ4v) is 1.76. The van der Waals surface area contributed by atoms with E-state index in [0.717, 1.165) is 31.0 Å². The molecule has 0 aromatic carbocycles. The first kappa shape index (κ1) is 8.56. The van der Waals surface area contributed by atoms with Crippen LogP contribution in [-0.2, 0) is 6.54 Å². The largest absolute Gasteiger partial charge is 0.396 e. The number of aromatic nitrogens is 2. The summed E-state index contributed by atoms with van der Waals surface area (Å²) in [7, 11) is 0. The minimum Gasteiger partial charge on any atom is -0.396 e. The lowest BCUT2D eigenvalue weighted by atomic mass is 10.1. The van der Waals surface area contributed by atoms with Gasteiger partial charge in [-0.15, -0.1) is 0 Å². The minimum atomic E-state index is 0.266. The Morgan fingerprint density at radius 2 is 2.62 bits per heavy atom. The van der Waals surface area contributed by atoms with Gasteiger partial charge in [0.05, 0.1) is 5.69 Å². The standard InChI is InChI=1S/C9H15N3O/c1-7-4-9-10-5-8(2-3-13)6-12(9)11-7/h4,8,10,13H,2-3,5-6H2,1H3. The van der Waals surface area contributed by atoms with Gasteiger partial charge in [-0.3, -0.25) is 0 Å². The number of rotatable bonds is 2. The molecule has 4 nitrogen and oxygen atoms in total. The van der Waals surface area contributed by atoms with Gasteiger partial charge in [-0.25, -0.2) is 4.68 Å². The Hall–Kier alpha value is -1.03. The van der Waals surface area contributed by atoms with Crippen molar-refractivity contribution >= 4 is 5.82 Å². The van der Waals surface area contributed by atoms with E-state index in [1.807, 2.05) is 11.6 Å². The molecule has 72 valence electrons. The fraction of sp³-hybridized carbons (Fsp3) is 0.667. The van der Waals surface area contributed by atoms with E-state index in [-0.39, 0.29) is 6.61 Å². The van der Waals surface area contributed by atoms with Crippen molar-refractivity contribution in [1.29, 1.82) is 0 Å². The molecule has 2 rings (SSSR count). The smallest absolute Gasteiger partial charge is 0.124 e. The van der Waals surface area contributed by atoms with Crippen molar-refractivity contribution in [3.8, 4) is 0 Å². The van der Waals surface area contributed by atoms with E-state index in [2.05, 4.69) is 16.5 Å². The molecule has 1 atom stereocenters. The second-order valence-electron chi connectivity index (χ2n) is 3.61. The molecule has 4 heteroatoms. The fourth-order valence-electron chi connectivity index (χ4n) is 1.76. The molecule has 1 aliphatic rings. The quantitative estimate of drug-likeness (QED) is 0.703. The molecule has 2 N–H and O–H groups in total. The zero-order valence-electron chi connectivity index (χ0n) is 7.82. The number of nitrogens with one attached hydrogen (secondary N) is 1. The van der Waals surface area contributed by atoms with Crippen LogP contribution in [0.15, 0.2) is 6.07 Å². The maximum Gasteiger partial charge on any atom is 0.124 e. The maximum absolute atomic E-state index is 8.81. The van der Waals surface area contributed by atoms with Gasteiger partial charge >= 0.3 is 0 Å². The number of anilines is 1. The van der Waals surface area contributed by atoms with E-state index >= 15 is 0 Å². The van der Waals surface area contributed by atoms with Crippen LogP contribution in [0.25, 0.3) is 0 Å². The summed E-state index contributed by atoms with van der Waals surface area (Å²) in [6.45, 7) is 4.14. The summed E-state index contributed by atoms with van der Waals surface area (Å²) >= 11 is 0. The van der Waals surface area contributed by atoms with Crippen molar-refractivity contribution in [3.05, 3.63) is 11.8 Å². The lowest BCUT2D eigenvalue weighted by Crippen LogP contribution is -2.28. The summed E-state index contributed by atoms with van der Waals surface area (Å²) < 4.78 is 1.99. The van der Waals surface area contributed by atoms with E-state index in [0.29, 0.717) is 5.92 Å². The Bertz CT molecular complexity index is 295. The predicted molar refractivity (Wildman–Crippen MR) is 50.6 cm³/mol. The molecule has 0 amide bonds. The first-order valence-electron chi connectivity index (χ1n) is 4.69. The SMILES string of the molecule is Cc1cc2n(n1)CC(CCO)CN2. The highest BCUT2D eigenvalue weighted by Gasteiger charge is 2.18. The summed E-state index contributed by atoms with van der Waals surface area (Å²) in [6.07, 6.45) is 0.853. The second kappa shape index (κ2) is 3.38. The molecule has 1 unspecified atom stereocenters. The molecular weight excluding hydrogens is 166 g/mol. The average Bonchev–Trinajstić information content (AvgIpc) is 2.44. The van der Waals surface area contributed by atoms with Crippen molar-refractivity contribution in [1.82, 2.24) is 9.78 Å². The van der Waals surface area contributed by atoms with Gasteiger partial charge in [0.15, 0.2) is 0 Å². The second-order valence-corrected chi connectivity index (χ2v) is 3.61. The van der Waals surface area contributed by atoms with Crippen LogP contribution in [0, 0.1) is 12.8 Å². The maximum atomic E-state index is 8.81. The molecule has 0 bridgehead atoms. The van der Waals surface area contributed by atoms with Crippen LogP contribution < -0.4 is 5.32 Å². The highest BCUT2D eigenvalue weighted by molar-refractivity contribution is 5.38. The van der Waals surface area contributed by atoms with E-state index < -0.39 is 0 Å². The molecule has 13 heavy (non-hydrogen) atoms. The van der Waals surface area contributed by atoms with E-state index in [9.17, 15) is 0 Å². The monoisotopic (exact) mass is 181 g/mol. The number of nitrogens with zero attached hydrogens (tertiary/aromatic N) is 2. The number of aliphatic hydroxyl groups is 1. The Morgan fingerprint density at radius 1 is 1.77 bits per heavy atom. The van der Waals surface area contributed by atoms with Crippen LogP contribution in [0.2, 0.25) is 0 Å². The van der Waals surface area contributed by atoms with Gasteiger partial charge in [-0.1, -0.05) is 0 Å². The van der Waals surface area contributed by atoms with E-state index in [4.69, 9.17) is 5.11 Å². The summed E-state index contributed by atoms with van der Waals surface area (Å²) in [6, 6.07) is 2.05. The number of aryl methyl sites for hydroxylation is 1. The number of fused-ring (bicyclic) bond motifs is 1. The van der Waals surface area contributed by atoms with Gasteiger partial charge in [-0.05, 0) is 19.3 Å². The number of aliphatic hydroxyl groups excluding tert-OH is 1. The minimum absolute atomic E-state index is 0.266. The van der Waals surface area contributed by atoms with Crippen molar-refractivity contribution in [2.24, 2.45) is 5.92 Å². The Morgan fingerprint density at radius 3 is 3.38 bits per heavy atom. The van der Waals surface area contributed by atoms with Crippen LogP contribution >= 0.6 is 0 Å². The van der Waals surface area contributed by atoms with Gasteiger partial charge in [0.25, 0.3) is 0 Å². The molecule has 0 radical (unpaired) electrons. The van der Waals surface area contributed by atoms with Gasteiger partial charge in [0.2, 0.25) is 0 Å². The molecule has 1 aliphatic heterocycles. The molecule has 1 aromatic rings. The van der Waals surface area contributed by atoms with Crippen LogP contribution in [0.5, 0.6) is 0 Å². The molecule has 1 aromatic heterocycles. The third-order valence-electron chi connectivity index (χ3n) is 2.44. The van der Waals surface area contributed by atoms with Gasteiger partial charge in [0.1, 0.15) is 5.82 Å². The highest BCUT2D eigenvalue weighted by Crippen LogP contribution is 2.19. The Kier molecular flexibility index (Phi) is 2.22. The van der Waals surface area contributed by atoms with Gasteiger partial charge in [-0.2, -0.15) is 5.10 Å².